The minimum Gasteiger partial charge on any atom is -0.492 e. The highest BCUT2D eigenvalue weighted by atomic mass is 19.1. The number of nitrogens with zero attached hydrogens (tertiary/aromatic N) is 5. The normalized spacial score (nSPS) is 15.2. The Morgan fingerprint density at radius 1 is 1.17 bits per heavy atom. The Hall–Kier alpha value is -3.96. The lowest BCUT2D eigenvalue weighted by Crippen LogP contribution is -2.46. The smallest absolute Gasteiger partial charge is 0.138 e. The van der Waals surface area contributed by atoms with Gasteiger partial charge in [0.25, 0.3) is 0 Å². The molecule has 1 saturated heterocycles. The third kappa shape index (κ3) is 4.68. The molecule has 1 fully saturated rings. The number of hydrogen-bond donors (Lipinski definition) is 1. The van der Waals surface area contributed by atoms with Crippen LogP contribution in [0.25, 0.3) is 16.6 Å². The van der Waals surface area contributed by atoms with Crippen molar-refractivity contribution in [3.8, 4) is 22.9 Å². The van der Waals surface area contributed by atoms with Crippen LogP contribution in [0.3, 0.4) is 0 Å². The molecule has 0 saturated carbocycles. The van der Waals surface area contributed by atoms with Crippen molar-refractivity contribution in [2.24, 2.45) is 0 Å². The maximum atomic E-state index is 13.5. The van der Waals surface area contributed by atoms with Gasteiger partial charge in [-0.15, -0.1) is 0 Å². The Balaban J connectivity index is 1.34. The van der Waals surface area contributed by atoms with Gasteiger partial charge in [-0.3, -0.25) is 0 Å². The summed E-state index contributed by atoms with van der Waals surface area (Å²) in [5.41, 5.74) is 2.84. The molecule has 1 aliphatic heterocycles. The summed E-state index contributed by atoms with van der Waals surface area (Å²) in [6.07, 6.45) is 6.70. The number of fused-ring (bicyclic) bond motifs is 1. The van der Waals surface area contributed by atoms with Crippen molar-refractivity contribution in [2.75, 3.05) is 24.6 Å². The van der Waals surface area contributed by atoms with Crippen LogP contribution in [-0.2, 0) is 6.42 Å². The van der Waals surface area contributed by atoms with E-state index in [2.05, 4.69) is 21.1 Å². The number of anilines is 1. The third-order valence-corrected chi connectivity index (χ3v) is 6.52. The molecule has 1 aliphatic rings. The Kier molecular flexibility index (Phi) is 6.10. The number of nitriles is 1. The molecule has 4 heterocycles. The zero-order valence-electron chi connectivity index (χ0n) is 19.5. The van der Waals surface area contributed by atoms with E-state index >= 15 is 0 Å². The van der Waals surface area contributed by atoms with E-state index in [0.717, 1.165) is 22.5 Å². The largest absolute Gasteiger partial charge is 0.492 e. The second-order valence-corrected chi connectivity index (χ2v) is 8.91. The number of piperidine rings is 1. The number of benzene rings is 1. The molecule has 1 N–H and O–H groups in total. The zero-order chi connectivity index (χ0) is 24.4. The fraction of sp³-hybridized carbons (Fsp3) is 0.296. The van der Waals surface area contributed by atoms with E-state index in [9.17, 15) is 14.8 Å². The second kappa shape index (κ2) is 9.35. The van der Waals surface area contributed by atoms with Crippen LogP contribution in [0.1, 0.15) is 30.9 Å². The van der Waals surface area contributed by atoms with Crippen LogP contribution in [0.4, 0.5) is 10.2 Å². The van der Waals surface area contributed by atoms with Gasteiger partial charge in [0.1, 0.15) is 23.5 Å². The van der Waals surface area contributed by atoms with Gasteiger partial charge in [0.05, 0.1) is 35.7 Å². The number of pyridine rings is 2. The molecule has 0 atom stereocenters. The zero-order valence-corrected chi connectivity index (χ0v) is 19.5. The van der Waals surface area contributed by atoms with E-state index in [0.29, 0.717) is 55.8 Å². The molecule has 7 nitrogen and oxygen atoms in total. The van der Waals surface area contributed by atoms with Crippen LogP contribution in [-0.4, -0.2) is 45.0 Å². The van der Waals surface area contributed by atoms with E-state index < -0.39 is 5.60 Å². The minimum absolute atomic E-state index is 0.283. The first-order valence-electron chi connectivity index (χ1n) is 11.7. The molecule has 0 radical (unpaired) electrons. The maximum absolute atomic E-state index is 13.5. The summed E-state index contributed by atoms with van der Waals surface area (Å²) in [4.78, 5) is 6.83. The van der Waals surface area contributed by atoms with Crippen LogP contribution >= 0.6 is 0 Å². The van der Waals surface area contributed by atoms with Crippen molar-refractivity contribution >= 4 is 11.3 Å². The molecular formula is C27H26FN5O2. The molecule has 3 aromatic heterocycles. The van der Waals surface area contributed by atoms with Gasteiger partial charge in [0.15, 0.2) is 0 Å². The first kappa shape index (κ1) is 22.8. The molecular weight excluding hydrogens is 445 g/mol. The lowest BCUT2D eigenvalue weighted by atomic mass is 9.85. The fourth-order valence-electron chi connectivity index (χ4n) is 4.73. The van der Waals surface area contributed by atoms with Crippen molar-refractivity contribution in [3.63, 3.8) is 0 Å². The number of aliphatic hydroxyl groups is 1. The van der Waals surface area contributed by atoms with Crippen molar-refractivity contribution < 1.29 is 14.2 Å². The summed E-state index contributed by atoms with van der Waals surface area (Å²) in [6, 6.07) is 14.5. The molecule has 0 unspecified atom stereocenters. The molecule has 5 rings (SSSR count). The van der Waals surface area contributed by atoms with Gasteiger partial charge in [-0.25, -0.2) is 13.9 Å². The van der Waals surface area contributed by atoms with Crippen molar-refractivity contribution in [1.82, 2.24) is 14.6 Å². The van der Waals surface area contributed by atoms with Crippen molar-refractivity contribution in [2.45, 2.75) is 31.8 Å². The van der Waals surface area contributed by atoms with Gasteiger partial charge >= 0.3 is 0 Å². The van der Waals surface area contributed by atoms with Crippen molar-refractivity contribution in [3.05, 3.63) is 78.0 Å². The van der Waals surface area contributed by atoms with Crippen LogP contribution in [0.2, 0.25) is 0 Å². The first-order valence-corrected chi connectivity index (χ1v) is 11.7. The van der Waals surface area contributed by atoms with Gasteiger partial charge in [-0.05, 0) is 55.7 Å². The Labute approximate surface area is 203 Å². The lowest BCUT2D eigenvalue weighted by Gasteiger charge is -2.39. The third-order valence-electron chi connectivity index (χ3n) is 6.52. The van der Waals surface area contributed by atoms with Gasteiger partial charge in [-0.2, -0.15) is 10.4 Å². The molecule has 0 amide bonds. The summed E-state index contributed by atoms with van der Waals surface area (Å²) in [7, 11) is 0. The molecule has 0 aliphatic carbocycles. The van der Waals surface area contributed by atoms with Crippen LogP contribution in [0.15, 0.2) is 61.1 Å². The van der Waals surface area contributed by atoms with Crippen LogP contribution in [0, 0.1) is 17.1 Å². The number of hydrogen-bond acceptors (Lipinski definition) is 6. The van der Waals surface area contributed by atoms with Crippen LogP contribution < -0.4 is 9.64 Å². The van der Waals surface area contributed by atoms with E-state index in [1.807, 2.05) is 31.2 Å². The van der Waals surface area contributed by atoms with Crippen molar-refractivity contribution in [1.29, 1.82) is 5.26 Å². The SMILES string of the molecule is CCOc1cc(-c2ccc(N3CCC(O)(Cc4cccc(F)c4)CC3)nc2)c2c(C#N)cnn2c1. The van der Waals surface area contributed by atoms with Gasteiger partial charge in [-0.1, -0.05) is 12.1 Å². The fourth-order valence-corrected chi connectivity index (χ4v) is 4.73. The molecule has 4 aromatic rings. The minimum atomic E-state index is -0.856. The summed E-state index contributed by atoms with van der Waals surface area (Å²) in [5, 5.41) is 24.9. The average molecular weight is 472 g/mol. The monoisotopic (exact) mass is 471 g/mol. The Morgan fingerprint density at radius 3 is 2.69 bits per heavy atom. The summed E-state index contributed by atoms with van der Waals surface area (Å²) < 4.78 is 20.9. The Bertz CT molecular complexity index is 1390. The first-order chi connectivity index (χ1) is 17.0. The molecule has 8 heteroatoms. The predicted octanol–water partition coefficient (Wildman–Crippen LogP) is 4.38. The predicted molar refractivity (Wildman–Crippen MR) is 131 cm³/mol. The maximum Gasteiger partial charge on any atom is 0.138 e. The summed E-state index contributed by atoms with van der Waals surface area (Å²) in [6.45, 7) is 3.75. The topological polar surface area (TPSA) is 86.7 Å². The number of rotatable bonds is 6. The molecule has 178 valence electrons. The van der Waals surface area contributed by atoms with Gasteiger partial charge in [0, 0.05) is 36.8 Å². The van der Waals surface area contributed by atoms with E-state index in [-0.39, 0.29) is 5.82 Å². The lowest BCUT2D eigenvalue weighted by molar-refractivity contribution is 0.0164. The quantitative estimate of drug-likeness (QED) is 0.449. The highest BCUT2D eigenvalue weighted by Crippen LogP contribution is 2.33. The summed E-state index contributed by atoms with van der Waals surface area (Å²) in [5.74, 6) is 1.21. The van der Waals surface area contributed by atoms with E-state index in [1.54, 1.807) is 29.2 Å². The molecule has 1 aromatic carbocycles. The Morgan fingerprint density at radius 2 is 2.00 bits per heavy atom. The second-order valence-electron chi connectivity index (χ2n) is 8.91. The van der Waals surface area contributed by atoms with E-state index in [1.165, 1.54) is 12.1 Å². The van der Waals surface area contributed by atoms with Gasteiger partial charge in [0.2, 0.25) is 0 Å². The highest BCUT2D eigenvalue weighted by Gasteiger charge is 2.33. The average Bonchev–Trinajstić information content (AvgIpc) is 3.27. The molecule has 0 bridgehead atoms. The highest BCUT2D eigenvalue weighted by molar-refractivity contribution is 5.85. The van der Waals surface area contributed by atoms with E-state index in [4.69, 9.17) is 4.74 Å². The standard InChI is InChI=1S/C27H26FN5O2/c1-2-35-23-13-24(26-21(15-29)17-31-33(26)18-23)20-6-7-25(30-16-20)32-10-8-27(34,9-11-32)14-19-4-3-5-22(28)12-19/h3-7,12-13,16-18,34H,2,8-11,14H2,1H3. The number of halogens is 1. The molecule has 35 heavy (non-hydrogen) atoms. The van der Waals surface area contributed by atoms with Gasteiger partial charge < -0.3 is 14.7 Å². The molecule has 0 spiro atoms. The van der Waals surface area contributed by atoms with Crippen LogP contribution in [0.5, 0.6) is 5.75 Å². The number of aromatic nitrogens is 3. The number of ether oxygens (including phenoxy) is 1. The summed E-state index contributed by atoms with van der Waals surface area (Å²) >= 11 is 0.